The number of amides is 1. The first-order valence-corrected chi connectivity index (χ1v) is 8.62. The summed E-state index contributed by atoms with van der Waals surface area (Å²) in [5.74, 6) is 1.43. The fraction of sp³-hybridized carbons (Fsp3) is 0.368. The van der Waals surface area contributed by atoms with Crippen LogP contribution in [0.15, 0.2) is 48.7 Å². The summed E-state index contributed by atoms with van der Waals surface area (Å²) in [5.41, 5.74) is 7.87. The molecule has 0 unspecified atom stereocenters. The number of rotatable bonds is 4. The maximum atomic E-state index is 12.4. The molecule has 2 aliphatic heterocycles. The number of carbonyl (C=O) groups is 1. The van der Waals surface area contributed by atoms with Crippen LogP contribution in [0, 0.1) is 5.92 Å². The average Bonchev–Trinajstić information content (AvgIpc) is 2.98. The highest BCUT2D eigenvalue weighted by molar-refractivity contribution is 5.69. The molecule has 1 aromatic heterocycles. The smallest absolute Gasteiger partial charge is 0.410 e. The molecule has 0 saturated carbocycles. The third-order valence-electron chi connectivity index (χ3n) is 5.06. The minimum absolute atomic E-state index is 0.238. The Kier molecular flexibility index (Phi) is 4.28. The number of benzene rings is 1. The van der Waals surface area contributed by atoms with E-state index in [-0.39, 0.29) is 6.09 Å². The highest BCUT2D eigenvalue weighted by Gasteiger charge is 2.48. The van der Waals surface area contributed by atoms with Crippen molar-refractivity contribution >= 4 is 11.9 Å². The van der Waals surface area contributed by atoms with E-state index in [1.807, 2.05) is 47.4 Å². The largest absolute Gasteiger partial charge is 0.445 e. The van der Waals surface area contributed by atoms with E-state index in [0.717, 1.165) is 30.0 Å². The van der Waals surface area contributed by atoms with E-state index in [1.165, 1.54) is 0 Å². The molecule has 0 aliphatic carbocycles. The Morgan fingerprint density at radius 2 is 2.00 bits per heavy atom. The van der Waals surface area contributed by atoms with Gasteiger partial charge in [0.2, 0.25) is 0 Å². The quantitative estimate of drug-likeness (QED) is 0.923. The molecule has 2 aliphatic rings. The highest BCUT2D eigenvalue weighted by atomic mass is 16.6. The molecule has 2 fully saturated rings. The second kappa shape index (κ2) is 6.72. The first-order valence-electron chi connectivity index (χ1n) is 8.62. The van der Waals surface area contributed by atoms with E-state index in [1.54, 1.807) is 6.20 Å². The topological polar surface area (TPSA) is 71.7 Å². The number of pyridine rings is 1. The van der Waals surface area contributed by atoms with Crippen molar-refractivity contribution in [3.05, 3.63) is 59.8 Å². The van der Waals surface area contributed by atoms with Crippen LogP contribution in [-0.4, -0.2) is 41.7 Å². The van der Waals surface area contributed by atoms with Crippen LogP contribution < -0.4 is 10.6 Å². The SMILES string of the molecule is NCc1cccnc1N1C[C@@H]2CN(C(=O)OCc3ccccc3)C[C@@H]21. The van der Waals surface area contributed by atoms with Crippen LogP contribution in [0.5, 0.6) is 0 Å². The maximum absolute atomic E-state index is 12.4. The van der Waals surface area contributed by atoms with E-state index in [9.17, 15) is 4.79 Å². The van der Waals surface area contributed by atoms with Crippen molar-refractivity contribution in [2.75, 3.05) is 24.5 Å². The van der Waals surface area contributed by atoms with Gasteiger partial charge in [-0.25, -0.2) is 9.78 Å². The minimum Gasteiger partial charge on any atom is -0.445 e. The van der Waals surface area contributed by atoms with Crippen molar-refractivity contribution in [1.82, 2.24) is 9.88 Å². The first kappa shape index (κ1) is 15.9. The summed E-state index contributed by atoms with van der Waals surface area (Å²) in [5, 5.41) is 0. The fourth-order valence-corrected chi connectivity index (χ4v) is 3.69. The predicted octanol–water partition coefficient (Wildman–Crippen LogP) is 2.00. The van der Waals surface area contributed by atoms with Crippen LogP contribution in [-0.2, 0) is 17.9 Å². The van der Waals surface area contributed by atoms with Gasteiger partial charge in [-0.1, -0.05) is 36.4 Å². The van der Waals surface area contributed by atoms with Gasteiger partial charge in [0, 0.05) is 43.9 Å². The summed E-state index contributed by atoms with van der Waals surface area (Å²) in [4.78, 5) is 20.9. The van der Waals surface area contributed by atoms with Crippen LogP contribution in [0.1, 0.15) is 11.1 Å². The van der Waals surface area contributed by atoms with E-state index in [0.29, 0.717) is 31.7 Å². The lowest BCUT2D eigenvalue weighted by Crippen LogP contribution is -2.56. The number of anilines is 1. The fourth-order valence-electron chi connectivity index (χ4n) is 3.69. The standard InChI is InChI=1S/C19H22N4O2/c20-9-15-7-4-8-21-18(15)23-11-16-10-22(12-17(16)23)19(24)25-13-14-5-2-1-3-6-14/h1-8,16-17H,9-13,20H2/t16-,17-/m0/s1. The lowest BCUT2D eigenvalue weighted by atomic mass is 9.91. The Morgan fingerprint density at radius 1 is 1.16 bits per heavy atom. The number of fused-ring (bicyclic) bond motifs is 1. The molecular formula is C19H22N4O2. The first-order chi connectivity index (χ1) is 12.3. The van der Waals surface area contributed by atoms with Gasteiger partial charge in [0.05, 0.1) is 6.04 Å². The molecule has 2 atom stereocenters. The van der Waals surface area contributed by atoms with Crippen molar-refractivity contribution in [3.63, 3.8) is 0 Å². The highest BCUT2D eigenvalue weighted by Crippen LogP contribution is 2.37. The molecule has 2 aromatic rings. The molecule has 1 aromatic carbocycles. The number of nitrogens with two attached hydrogens (primary N) is 1. The number of likely N-dealkylation sites (tertiary alicyclic amines) is 1. The van der Waals surface area contributed by atoms with Gasteiger partial charge in [-0.15, -0.1) is 0 Å². The average molecular weight is 338 g/mol. The Balaban J connectivity index is 1.36. The second-order valence-corrected chi connectivity index (χ2v) is 6.62. The number of aromatic nitrogens is 1. The van der Waals surface area contributed by atoms with Crippen molar-refractivity contribution < 1.29 is 9.53 Å². The van der Waals surface area contributed by atoms with Gasteiger partial charge in [-0.3, -0.25) is 0 Å². The number of nitrogens with zero attached hydrogens (tertiary/aromatic N) is 3. The Labute approximate surface area is 147 Å². The zero-order valence-electron chi connectivity index (χ0n) is 14.0. The van der Waals surface area contributed by atoms with Crippen molar-refractivity contribution in [3.8, 4) is 0 Å². The van der Waals surface area contributed by atoms with Crippen LogP contribution >= 0.6 is 0 Å². The zero-order valence-corrected chi connectivity index (χ0v) is 14.0. The summed E-state index contributed by atoms with van der Waals surface area (Å²) in [6.07, 6.45) is 1.56. The third-order valence-corrected chi connectivity index (χ3v) is 5.06. The lowest BCUT2D eigenvalue weighted by Gasteiger charge is -2.44. The molecule has 6 heteroatoms. The molecule has 2 saturated heterocycles. The molecular weight excluding hydrogens is 316 g/mol. The molecule has 2 N–H and O–H groups in total. The van der Waals surface area contributed by atoms with E-state index in [4.69, 9.17) is 10.5 Å². The van der Waals surface area contributed by atoms with Crippen LogP contribution in [0.3, 0.4) is 0 Å². The Hall–Kier alpha value is -2.60. The van der Waals surface area contributed by atoms with Gasteiger partial charge in [0.25, 0.3) is 0 Å². The number of carbonyl (C=O) groups excluding carboxylic acids is 1. The maximum Gasteiger partial charge on any atom is 0.410 e. The number of hydrogen-bond acceptors (Lipinski definition) is 5. The molecule has 0 radical (unpaired) electrons. The predicted molar refractivity (Wildman–Crippen MR) is 95.0 cm³/mol. The van der Waals surface area contributed by atoms with Gasteiger partial charge < -0.3 is 20.3 Å². The summed E-state index contributed by atoms with van der Waals surface area (Å²) >= 11 is 0. The van der Waals surface area contributed by atoms with Crippen LogP contribution in [0.2, 0.25) is 0 Å². The van der Waals surface area contributed by atoms with Crippen molar-refractivity contribution in [2.45, 2.75) is 19.2 Å². The zero-order chi connectivity index (χ0) is 17.2. The van der Waals surface area contributed by atoms with Gasteiger partial charge >= 0.3 is 6.09 Å². The Morgan fingerprint density at radius 3 is 2.80 bits per heavy atom. The molecule has 6 nitrogen and oxygen atoms in total. The van der Waals surface area contributed by atoms with E-state index >= 15 is 0 Å². The molecule has 4 rings (SSSR count). The van der Waals surface area contributed by atoms with Gasteiger partial charge in [0.1, 0.15) is 12.4 Å². The number of hydrogen-bond donors (Lipinski definition) is 1. The molecule has 0 bridgehead atoms. The Bertz CT molecular complexity index is 752. The normalized spacial score (nSPS) is 21.6. The van der Waals surface area contributed by atoms with Crippen molar-refractivity contribution in [2.24, 2.45) is 11.7 Å². The number of ether oxygens (including phenoxy) is 1. The molecule has 3 heterocycles. The third kappa shape index (κ3) is 3.05. The summed E-state index contributed by atoms with van der Waals surface area (Å²) in [7, 11) is 0. The van der Waals surface area contributed by atoms with Gasteiger partial charge in [0.15, 0.2) is 0 Å². The second-order valence-electron chi connectivity index (χ2n) is 6.62. The monoisotopic (exact) mass is 338 g/mol. The summed E-state index contributed by atoms with van der Waals surface area (Å²) < 4.78 is 5.46. The summed E-state index contributed by atoms with van der Waals surface area (Å²) in [6.45, 7) is 3.13. The van der Waals surface area contributed by atoms with Crippen molar-refractivity contribution in [1.29, 1.82) is 0 Å². The summed E-state index contributed by atoms with van der Waals surface area (Å²) in [6, 6.07) is 14.0. The van der Waals surface area contributed by atoms with E-state index < -0.39 is 0 Å². The van der Waals surface area contributed by atoms with Gasteiger partial charge in [-0.2, -0.15) is 0 Å². The minimum atomic E-state index is -0.238. The lowest BCUT2D eigenvalue weighted by molar-refractivity contribution is 0.103. The molecule has 1 amide bonds. The molecule has 130 valence electrons. The van der Waals surface area contributed by atoms with Gasteiger partial charge in [-0.05, 0) is 11.6 Å². The molecule has 25 heavy (non-hydrogen) atoms. The van der Waals surface area contributed by atoms with Crippen LogP contribution in [0.4, 0.5) is 10.6 Å². The molecule has 0 spiro atoms. The van der Waals surface area contributed by atoms with E-state index in [2.05, 4.69) is 9.88 Å². The van der Waals surface area contributed by atoms with Crippen LogP contribution in [0.25, 0.3) is 0 Å².